The SMILES string of the molecule is CCOc1ccc(CC(=O)Nc2cc(C)n(Cc3c(F)cccc3Cl)n2)cc1OCC. The Morgan fingerprint density at radius 3 is 2.58 bits per heavy atom. The van der Waals surface area contributed by atoms with Crippen molar-refractivity contribution in [1.82, 2.24) is 9.78 Å². The van der Waals surface area contributed by atoms with Crippen molar-refractivity contribution in [2.45, 2.75) is 33.7 Å². The van der Waals surface area contributed by atoms with E-state index in [1.165, 1.54) is 6.07 Å². The molecule has 0 aliphatic heterocycles. The number of aromatic nitrogens is 2. The number of nitrogens with zero attached hydrogens (tertiary/aromatic N) is 2. The minimum atomic E-state index is -0.395. The van der Waals surface area contributed by atoms with Gasteiger partial charge in [-0.1, -0.05) is 23.7 Å². The fourth-order valence-corrected chi connectivity index (χ4v) is 3.37. The number of amides is 1. The van der Waals surface area contributed by atoms with Gasteiger partial charge in [0.25, 0.3) is 0 Å². The molecule has 0 radical (unpaired) electrons. The number of aryl methyl sites for hydroxylation is 1. The van der Waals surface area contributed by atoms with Crippen molar-refractivity contribution in [2.24, 2.45) is 0 Å². The Hall–Kier alpha value is -3.06. The zero-order valence-electron chi connectivity index (χ0n) is 17.7. The van der Waals surface area contributed by atoms with Crippen LogP contribution in [0, 0.1) is 12.7 Å². The molecule has 31 heavy (non-hydrogen) atoms. The van der Waals surface area contributed by atoms with E-state index >= 15 is 0 Å². The van der Waals surface area contributed by atoms with Crippen molar-refractivity contribution >= 4 is 23.3 Å². The molecule has 0 bridgehead atoms. The highest BCUT2D eigenvalue weighted by Crippen LogP contribution is 2.29. The van der Waals surface area contributed by atoms with E-state index in [1.807, 2.05) is 26.8 Å². The van der Waals surface area contributed by atoms with Gasteiger partial charge in [0, 0.05) is 22.3 Å². The van der Waals surface area contributed by atoms with E-state index in [1.54, 1.807) is 35.0 Å². The number of halogens is 2. The lowest BCUT2D eigenvalue weighted by Gasteiger charge is -2.12. The highest BCUT2D eigenvalue weighted by atomic mass is 35.5. The third-order valence-electron chi connectivity index (χ3n) is 4.59. The zero-order valence-corrected chi connectivity index (χ0v) is 18.5. The quantitative estimate of drug-likeness (QED) is 0.502. The Morgan fingerprint density at radius 1 is 1.13 bits per heavy atom. The summed E-state index contributed by atoms with van der Waals surface area (Å²) in [5, 5.41) is 7.49. The lowest BCUT2D eigenvalue weighted by Crippen LogP contribution is -2.15. The van der Waals surface area contributed by atoms with E-state index in [9.17, 15) is 9.18 Å². The predicted molar refractivity (Wildman–Crippen MR) is 119 cm³/mol. The molecule has 1 aromatic heterocycles. The number of anilines is 1. The molecular weight excluding hydrogens is 421 g/mol. The molecule has 3 rings (SSSR count). The van der Waals surface area contributed by atoms with Crippen molar-refractivity contribution in [1.29, 1.82) is 0 Å². The van der Waals surface area contributed by atoms with E-state index in [-0.39, 0.29) is 18.9 Å². The van der Waals surface area contributed by atoms with Gasteiger partial charge in [-0.2, -0.15) is 5.10 Å². The van der Waals surface area contributed by atoms with Gasteiger partial charge in [-0.25, -0.2) is 4.39 Å². The van der Waals surface area contributed by atoms with Crippen LogP contribution < -0.4 is 14.8 Å². The van der Waals surface area contributed by atoms with Crippen LogP contribution in [0.3, 0.4) is 0 Å². The number of benzene rings is 2. The molecule has 0 unspecified atom stereocenters. The summed E-state index contributed by atoms with van der Waals surface area (Å²) in [4.78, 5) is 12.5. The first-order valence-corrected chi connectivity index (χ1v) is 10.4. The number of carbonyl (C=O) groups is 1. The molecule has 0 fully saturated rings. The highest BCUT2D eigenvalue weighted by Gasteiger charge is 2.14. The van der Waals surface area contributed by atoms with Crippen LogP contribution in [0.5, 0.6) is 11.5 Å². The largest absolute Gasteiger partial charge is 0.490 e. The van der Waals surface area contributed by atoms with Gasteiger partial charge in [0.1, 0.15) is 5.82 Å². The Kier molecular flexibility index (Phi) is 7.52. The van der Waals surface area contributed by atoms with Gasteiger partial charge in [-0.05, 0) is 50.6 Å². The minimum absolute atomic E-state index is 0.150. The molecule has 6 nitrogen and oxygen atoms in total. The molecule has 0 atom stereocenters. The van der Waals surface area contributed by atoms with Gasteiger partial charge in [0.15, 0.2) is 17.3 Å². The minimum Gasteiger partial charge on any atom is -0.490 e. The molecule has 0 saturated heterocycles. The maximum absolute atomic E-state index is 14.1. The molecule has 164 valence electrons. The second-order valence-corrected chi connectivity index (χ2v) is 7.31. The van der Waals surface area contributed by atoms with Crippen LogP contribution in [0.15, 0.2) is 42.5 Å². The molecule has 0 aliphatic rings. The first kappa shape index (κ1) is 22.6. The summed E-state index contributed by atoms with van der Waals surface area (Å²) in [6.07, 6.45) is 0.150. The Morgan fingerprint density at radius 2 is 1.87 bits per heavy atom. The molecule has 2 aromatic carbocycles. The topological polar surface area (TPSA) is 65.4 Å². The summed E-state index contributed by atoms with van der Waals surface area (Å²) in [5.41, 5.74) is 1.92. The van der Waals surface area contributed by atoms with Gasteiger partial charge in [-0.3, -0.25) is 9.48 Å². The van der Waals surface area contributed by atoms with Crippen LogP contribution >= 0.6 is 11.6 Å². The summed E-state index contributed by atoms with van der Waals surface area (Å²) in [6.45, 7) is 6.82. The highest BCUT2D eigenvalue weighted by molar-refractivity contribution is 6.31. The first-order chi connectivity index (χ1) is 14.9. The second kappa shape index (κ2) is 10.3. The van der Waals surface area contributed by atoms with Gasteiger partial charge in [-0.15, -0.1) is 0 Å². The van der Waals surface area contributed by atoms with E-state index in [4.69, 9.17) is 21.1 Å². The Bertz CT molecular complexity index is 1050. The van der Waals surface area contributed by atoms with Crippen LogP contribution in [0.25, 0.3) is 0 Å². The van der Waals surface area contributed by atoms with Crippen LogP contribution in [0.1, 0.15) is 30.7 Å². The van der Waals surface area contributed by atoms with Crippen molar-refractivity contribution in [3.63, 3.8) is 0 Å². The average Bonchev–Trinajstić information content (AvgIpc) is 3.05. The number of rotatable bonds is 9. The Balaban J connectivity index is 1.69. The van der Waals surface area contributed by atoms with Gasteiger partial charge < -0.3 is 14.8 Å². The summed E-state index contributed by atoms with van der Waals surface area (Å²) in [6, 6.07) is 11.7. The molecular formula is C23H25ClFN3O3. The fourth-order valence-electron chi connectivity index (χ4n) is 3.14. The van der Waals surface area contributed by atoms with E-state index in [2.05, 4.69) is 10.4 Å². The van der Waals surface area contributed by atoms with Crippen molar-refractivity contribution in [3.8, 4) is 11.5 Å². The third-order valence-corrected chi connectivity index (χ3v) is 4.94. The third kappa shape index (κ3) is 5.76. The van der Waals surface area contributed by atoms with E-state index < -0.39 is 5.82 Å². The molecule has 1 amide bonds. The maximum Gasteiger partial charge on any atom is 0.229 e. The van der Waals surface area contributed by atoms with Crippen molar-refractivity contribution < 1.29 is 18.7 Å². The first-order valence-electron chi connectivity index (χ1n) is 10.1. The number of hydrogen-bond donors (Lipinski definition) is 1. The monoisotopic (exact) mass is 445 g/mol. The van der Waals surface area contributed by atoms with Gasteiger partial charge in [0.05, 0.1) is 26.2 Å². The summed E-state index contributed by atoms with van der Waals surface area (Å²) in [7, 11) is 0. The van der Waals surface area contributed by atoms with E-state index in [0.29, 0.717) is 41.1 Å². The molecule has 3 aromatic rings. The number of ether oxygens (including phenoxy) is 2. The lowest BCUT2D eigenvalue weighted by atomic mass is 10.1. The standard InChI is InChI=1S/C23H25ClFN3O3/c1-4-30-20-10-9-16(12-21(20)31-5-2)13-23(29)26-22-11-15(3)28(27-22)14-17-18(24)7-6-8-19(17)25/h6-12H,4-5,13-14H2,1-3H3,(H,26,27,29). The molecule has 1 N–H and O–H groups in total. The lowest BCUT2D eigenvalue weighted by molar-refractivity contribution is -0.115. The summed E-state index contributed by atoms with van der Waals surface area (Å²) < 4.78 is 26.8. The van der Waals surface area contributed by atoms with Crippen molar-refractivity contribution in [2.75, 3.05) is 18.5 Å². The Labute approximate surface area is 185 Å². The van der Waals surface area contributed by atoms with Gasteiger partial charge >= 0.3 is 0 Å². The smallest absolute Gasteiger partial charge is 0.229 e. The number of carbonyl (C=O) groups excluding carboxylic acids is 1. The number of hydrogen-bond acceptors (Lipinski definition) is 4. The van der Waals surface area contributed by atoms with E-state index in [0.717, 1.165) is 11.3 Å². The van der Waals surface area contributed by atoms with Gasteiger partial charge in [0.2, 0.25) is 5.91 Å². The predicted octanol–water partition coefficient (Wildman–Crippen LogP) is 5.01. The van der Waals surface area contributed by atoms with Crippen LogP contribution in [0.2, 0.25) is 5.02 Å². The number of nitrogens with one attached hydrogen (secondary N) is 1. The zero-order chi connectivity index (χ0) is 22.4. The van der Waals surface area contributed by atoms with Crippen LogP contribution in [0.4, 0.5) is 10.2 Å². The second-order valence-electron chi connectivity index (χ2n) is 6.90. The molecule has 0 aliphatic carbocycles. The summed E-state index contributed by atoms with van der Waals surface area (Å²) in [5.74, 6) is 1.03. The van der Waals surface area contributed by atoms with Crippen molar-refractivity contribution in [3.05, 3.63) is 70.1 Å². The average molecular weight is 446 g/mol. The fraction of sp³-hybridized carbons (Fsp3) is 0.304. The molecule has 0 saturated carbocycles. The maximum atomic E-state index is 14.1. The van der Waals surface area contributed by atoms with Crippen LogP contribution in [-0.4, -0.2) is 28.9 Å². The summed E-state index contributed by atoms with van der Waals surface area (Å²) >= 11 is 6.11. The van der Waals surface area contributed by atoms with Crippen LogP contribution in [-0.2, 0) is 17.8 Å². The molecule has 0 spiro atoms. The normalized spacial score (nSPS) is 10.7. The molecule has 8 heteroatoms. The molecule has 1 heterocycles.